The van der Waals surface area contributed by atoms with E-state index in [1.54, 1.807) is 7.11 Å². The highest BCUT2D eigenvalue weighted by Crippen LogP contribution is 2.43. The highest BCUT2D eigenvalue weighted by molar-refractivity contribution is 6.17. The van der Waals surface area contributed by atoms with Gasteiger partial charge in [-0.05, 0) is 23.3 Å². The third-order valence-corrected chi connectivity index (χ3v) is 4.67. The average Bonchev–Trinajstić information content (AvgIpc) is 2.95. The fourth-order valence-electron chi connectivity index (χ4n) is 3.52. The van der Waals surface area contributed by atoms with Crippen LogP contribution in [0, 0.1) is 0 Å². The number of allylic oxidation sites excluding steroid dienone is 1. The number of carbonyl (C=O) groups is 1. The number of ether oxygens (including phenoxy) is 1. The van der Waals surface area contributed by atoms with Crippen molar-refractivity contribution in [3.8, 4) is 5.75 Å². The molecule has 0 spiro atoms. The molecule has 4 rings (SSSR count). The number of methoxy groups -OCH3 is 1. The van der Waals surface area contributed by atoms with Gasteiger partial charge in [0.05, 0.1) is 7.11 Å². The van der Waals surface area contributed by atoms with Crippen molar-refractivity contribution in [3.05, 3.63) is 107 Å². The molecule has 0 unspecified atom stereocenters. The number of benzene rings is 3. The molecule has 1 aliphatic carbocycles. The molecule has 25 heavy (non-hydrogen) atoms. The van der Waals surface area contributed by atoms with Gasteiger partial charge >= 0.3 is 0 Å². The van der Waals surface area contributed by atoms with Gasteiger partial charge in [-0.2, -0.15) is 0 Å². The predicted octanol–water partition coefficient (Wildman–Crippen LogP) is 5.11. The molecule has 0 aromatic heterocycles. The zero-order chi connectivity index (χ0) is 17.2. The van der Waals surface area contributed by atoms with Crippen LogP contribution >= 0.6 is 0 Å². The van der Waals surface area contributed by atoms with Crippen LogP contribution in [0.2, 0.25) is 0 Å². The van der Waals surface area contributed by atoms with Crippen LogP contribution in [-0.4, -0.2) is 12.9 Å². The van der Waals surface area contributed by atoms with Gasteiger partial charge in [0, 0.05) is 22.6 Å². The van der Waals surface area contributed by atoms with Crippen LogP contribution in [0.4, 0.5) is 0 Å². The molecular weight excluding hydrogens is 308 g/mol. The first-order chi connectivity index (χ1) is 12.3. The fourth-order valence-corrected chi connectivity index (χ4v) is 3.52. The average molecular weight is 326 g/mol. The largest absolute Gasteiger partial charge is 0.496 e. The summed E-state index contributed by atoms with van der Waals surface area (Å²) in [4.78, 5) is 13.1. The van der Waals surface area contributed by atoms with E-state index in [9.17, 15) is 4.79 Å². The molecule has 0 N–H and O–H groups in total. The van der Waals surface area contributed by atoms with Crippen molar-refractivity contribution in [3.63, 3.8) is 0 Å². The van der Waals surface area contributed by atoms with Crippen molar-refractivity contribution in [2.24, 2.45) is 0 Å². The molecule has 3 aromatic carbocycles. The molecule has 0 aliphatic heterocycles. The first kappa shape index (κ1) is 15.4. The summed E-state index contributed by atoms with van der Waals surface area (Å²) < 4.78 is 5.45. The molecule has 0 saturated carbocycles. The van der Waals surface area contributed by atoms with E-state index in [0.29, 0.717) is 0 Å². The molecule has 0 saturated heterocycles. The summed E-state index contributed by atoms with van der Waals surface area (Å²) in [5, 5.41) is 0. The normalized spacial score (nSPS) is 17.6. The first-order valence-electron chi connectivity index (χ1n) is 8.33. The lowest BCUT2D eigenvalue weighted by atomic mass is 9.89. The van der Waals surface area contributed by atoms with Gasteiger partial charge in [-0.3, -0.25) is 4.79 Å². The van der Waals surface area contributed by atoms with Gasteiger partial charge in [-0.25, -0.2) is 0 Å². The molecule has 0 bridgehead atoms. The van der Waals surface area contributed by atoms with Crippen LogP contribution in [0.25, 0.3) is 6.08 Å². The lowest BCUT2D eigenvalue weighted by Crippen LogP contribution is -2.02. The van der Waals surface area contributed by atoms with Crippen LogP contribution in [0.5, 0.6) is 5.75 Å². The highest BCUT2D eigenvalue weighted by atomic mass is 16.5. The van der Waals surface area contributed by atoms with E-state index >= 15 is 0 Å². The molecule has 2 heteroatoms. The summed E-state index contributed by atoms with van der Waals surface area (Å²) in [6.45, 7) is 0. The maximum Gasteiger partial charge on any atom is 0.190 e. The second-order valence-corrected chi connectivity index (χ2v) is 6.10. The van der Waals surface area contributed by atoms with E-state index < -0.39 is 0 Å². The smallest absolute Gasteiger partial charge is 0.190 e. The lowest BCUT2D eigenvalue weighted by molar-refractivity contribution is 0.103. The summed E-state index contributed by atoms with van der Waals surface area (Å²) in [5.41, 5.74) is 4.69. The van der Waals surface area contributed by atoms with E-state index in [1.807, 2.05) is 72.8 Å². The molecule has 1 atom stereocenters. The monoisotopic (exact) mass is 326 g/mol. The quantitative estimate of drug-likeness (QED) is 0.625. The van der Waals surface area contributed by atoms with Crippen molar-refractivity contribution in [2.75, 3.05) is 7.11 Å². The maximum absolute atomic E-state index is 13.1. The Labute approximate surface area is 147 Å². The summed E-state index contributed by atoms with van der Waals surface area (Å²) in [6, 6.07) is 25.8. The Morgan fingerprint density at radius 2 is 1.52 bits per heavy atom. The minimum atomic E-state index is -0.0465. The number of hydrogen-bond donors (Lipinski definition) is 0. The Morgan fingerprint density at radius 3 is 2.32 bits per heavy atom. The van der Waals surface area contributed by atoms with Crippen LogP contribution in [0.1, 0.15) is 33.0 Å². The van der Waals surface area contributed by atoms with Crippen LogP contribution in [0.15, 0.2) is 84.4 Å². The Bertz CT molecular complexity index is 955. The summed E-state index contributed by atoms with van der Waals surface area (Å²) in [6.07, 6.45) is 1.97. The SMILES string of the molecule is COc1ccccc1/C=C1\C(=O)c2ccccc2[C@H]1c1ccccc1. The van der Waals surface area contributed by atoms with Gasteiger partial charge < -0.3 is 4.74 Å². The highest BCUT2D eigenvalue weighted by Gasteiger charge is 2.35. The Morgan fingerprint density at radius 1 is 0.840 bits per heavy atom. The van der Waals surface area contributed by atoms with Crippen molar-refractivity contribution >= 4 is 11.9 Å². The molecule has 2 nitrogen and oxygen atoms in total. The van der Waals surface area contributed by atoms with Gasteiger partial charge in [-0.15, -0.1) is 0 Å². The van der Waals surface area contributed by atoms with E-state index in [2.05, 4.69) is 12.1 Å². The van der Waals surface area contributed by atoms with Crippen molar-refractivity contribution in [2.45, 2.75) is 5.92 Å². The van der Waals surface area contributed by atoms with E-state index in [1.165, 1.54) is 0 Å². The number of fused-ring (bicyclic) bond motifs is 1. The summed E-state index contributed by atoms with van der Waals surface area (Å²) in [7, 11) is 1.65. The van der Waals surface area contributed by atoms with E-state index in [-0.39, 0.29) is 11.7 Å². The van der Waals surface area contributed by atoms with Crippen molar-refractivity contribution < 1.29 is 9.53 Å². The van der Waals surface area contributed by atoms with Gasteiger partial charge in [0.15, 0.2) is 5.78 Å². The number of ketones is 1. The van der Waals surface area contributed by atoms with Crippen molar-refractivity contribution in [1.82, 2.24) is 0 Å². The molecule has 0 amide bonds. The Hall–Kier alpha value is -3.13. The van der Waals surface area contributed by atoms with Crippen LogP contribution < -0.4 is 4.74 Å². The zero-order valence-corrected chi connectivity index (χ0v) is 14.0. The molecule has 3 aromatic rings. The van der Waals surface area contributed by atoms with Gasteiger partial charge in [0.1, 0.15) is 5.75 Å². The second kappa shape index (κ2) is 6.40. The van der Waals surface area contributed by atoms with Gasteiger partial charge in [0.25, 0.3) is 0 Å². The summed E-state index contributed by atoms with van der Waals surface area (Å²) in [5.74, 6) is 0.815. The number of hydrogen-bond acceptors (Lipinski definition) is 2. The molecule has 0 fully saturated rings. The number of Topliss-reactive ketones (excluding diaryl/α,β-unsaturated/α-hetero) is 1. The predicted molar refractivity (Wildman–Crippen MR) is 100 cm³/mol. The third kappa shape index (κ3) is 2.66. The van der Waals surface area contributed by atoms with Gasteiger partial charge in [-0.1, -0.05) is 72.8 Å². The molecule has 0 radical (unpaired) electrons. The number of para-hydroxylation sites is 1. The standard InChI is InChI=1S/C23H18O2/c1-25-21-14-8-5-11-17(21)15-20-22(16-9-3-2-4-10-16)18-12-6-7-13-19(18)23(20)24/h2-15,22H,1H3/b20-15-/t22-/m1/s1. The van der Waals surface area contributed by atoms with Crippen LogP contribution in [-0.2, 0) is 0 Å². The molecular formula is C23H18O2. The second-order valence-electron chi connectivity index (χ2n) is 6.10. The molecule has 122 valence electrons. The Kier molecular flexibility index (Phi) is 3.95. The van der Waals surface area contributed by atoms with E-state index in [0.717, 1.165) is 33.6 Å². The zero-order valence-electron chi connectivity index (χ0n) is 14.0. The third-order valence-electron chi connectivity index (χ3n) is 4.67. The maximum atomic E-state index is 13.1. The molecule has 1 aliphatic rings. The van der Waals surface area contributed by atoms with Crippen molar-refractivity contribution in [1.29, 1.82) is 0 Å². The van der Waals surface area contributed by atoms with Crippen LogP contribution in [0.3, 0.4) is 0 Å². The lowest BCUT2D eigenvalue weighted by Gasteiger charge is -2.14. The number of rotatable bonds is 3. The van der Waals surface area contributed by atoms with E-state index in [4.69, 9.17) is 4.74 Å². The minimum absolute atomic E-state index is 0.0465. The topological polar surface area (TPSA) is 26.3 Å². The molecule has 0 heterocycles. The minimum Gasteiger partial charge on any atom is -0.496 e. The first-order valence-corrected chi connectivity index (χ1v) is 8.33. The number of carbonyl (C=O) groups excluding carboxylic acids is 1. The summed E-state index contributed by atoms with van der Waals surface area (Å²) >= 11 is 0. The Balaban J connectivity index is 1.91. The fraction of sp³-hybridized carbons (Fsp3) is 0.0870. The van der Waals surface area contributed by atoms with Gasteiger partial charge in [0.2, 0.25) is 0 Å².